The number of carboxylic acid groups (broad SMARTS) is 1. The van der Waals surface area contributed by atoms with E-state index in [2.05, 4.69) is 15.5 Å². The summed E-state index contributed by atoms with van der Waals surface area (Å²) in [5.74, 6) is -0.0242. The fourth-order valence-corrected chi connectivity index (χ4v) is 1.85. The van der Waals surface area contributed by atoms with Crippen molar-refractivity contribution in [2.24, 2.45) is 0 Å². The standard InChI is InChI=1S/C15H19N3O3/c1-4-15(3,14(19)20)16-9-12-17-13(21-18-12)11-7-5-6-10(2)8-11/h5-8,16H,4,9H2,1-3H3,(H,19,20). The monoisotopic (exact) mass is 289 g/mol. The van der Waals surface area contributed by atoms with Gasteiger partial charge in [-0.15, -0.1) is 0 Å². The molecule has 1 unspecified atom stereocenters. The maximum atomic E-state index is 11.2. The van der Waals surface area contributed by atoms with Crippen LogP contribution in [0, 0.1) is 6.92 Å². The van der Waals surface area contributed by atoms with Gasteiger partial charge in [0.25, 0.3) is 5.89 Å². The number of benzene rings is 1. The highest BCUT2D eigenvalue weighted by molar-refractivity contribution is 5.78. The minimum Gasteiger partial charge on any atom is -0.480 e. The molecule has 21 heavy (non-hydrogen) atoms. The third kappa shape index (κ3) is 3.46. The van der Waals surface area contributed by atoms with E-state index in [1.807, 2.05) is 38.1 Å². The average molecular weight is 289 g/mol. The molecule has 0 radical (unpaired) electrons. The Morgan fingerprint density at radius 3 is 2.86 bits per heavy atom. The third-order valence-electron chi connectivity index (χ3n) is 3.55. The lowest BCUT2D eigenvalue weighted by molar-refractivity contribution is -0.144. The van der Waals surface area contributed by atoms with Crippen LogP contribution in [0.5, 0.6) is 0 Å². The van der Waals surface area contributed by atoms with Crippen molar-refractivity contribution < 1.29 is 14.4 Å². The number of hydrogen-bond donors (Lipinski definition) is 2. The van der Waals surface area contributed by atoms with Crippen molar-refractivity contribution in [1.29, 1.82) is 0 Å². The van der Waals surface area contributed by atoms with E-state index in [1.165, 1.54) is 0 Å². The van der Waals surface area contributed by atoms with E-state index in [-0.39, 0.29) is 6.54 Å². The predicted molar refractivity (Wildman–Crippen MR) is 77.6 cm³/mol. The molecule has 0 bridgehead atoms. The Bertz CT molecular complexity index is 639. The smallest absolute Gasteiger partial charge is 0.323 e. The zero-order chi connectivity index (χ0) is 15.5. The van der Waals surface area contributed by atoms with Crippen molar-refractivity contribution in [1.82, 2.24) is 15.5 Å². The fourth-order valence-electron chi connectivity index (χ4n) is 1.85. The first-order chi connectivity index (χ1) is 9.94. The van der Waals surface area contributed by atoms with Crippen LogP contribution in [-0.2, 0) is 11.3 Å². The van der Waals surface area contributed by atoms with Crippen molar-refractivity contribution in [3.05, 3.63) is 35.7 Å². The summed E-state index contributed by atoms with van der Waals surface area (Å²) < 4.78 is 5.22. The van der Waals surface area contributed by atoms with Gasteiger partial charge in [-0.3, -0.25) is 10.1 Å². The number of carboxylic acids is 1. The molecule has 1 atom stereocenters. The Kier molecular flexibility index (Phi) is 4.37. The predicted octanol–water partition coefficient (Wildman–Crippen LogP) is 2.39. The summed E-state index contributed by atoms with van der Waals surface area (Å²) in [6, 6.07) is 7.76. The maximum Gasteiger partial charge on any atom is 0.323 e. The molecule has 0 aliphatic heterocycles. The molecular formula is C15H19N3O3. The highest BCUT2D eigenvalue weighted by Gasteiger charge is 2.30. The molecule has 0 spiro atoms. The fraction of sp³-hybridized carbons (Fsp3) is 0.400. The summed E-state index contributed by atoms with van der Waals surface area (Å²) in [5.41, 5.74) is 0.962. The van der Waals surface area contributed by atoms with Crippen LogP contribution in [0.4, 0.5) is 0 Å². The largest absolute Gasteiger partial charge is 0.480 e. The molecule has 2 rings (SSSR count). The molecule has 0 saturated carbocycles. The summed E-state index contributed by atoms with van der Waals surface area (Å²) in [6.07, 6.45) is 0.463. The first kappa shape index (κ1) is 15.2. The molecule has 1 heterocycles. The minimum atomic E-state index is -0.996. The van der Waals surface area contributed by atoms with Gasteiger partial charge in [0.1, 0.15) is 5.54 Å². The Balaban J connectivity index is 2.09. The van der Waals surface area contributed by atoms with Crippen LogP contribution in [0.15, 0.2) is 28.8 Å². The van der Waals surface area contributed by atoms with Crippen LogP contribution < -0.4 is 5.32 Å². The second-order valence-corrected chi connectivity index (χ2v) is 5.23. The minimum absolute atomic E-state index is 0.242. The molecule has 6 heteroatoms. The number of aliphatic carboxylic acids is 1. The lowest BCUT2D eigenvalue weighted by Crippen LogP contribution is -2.48. The van der Waals surface area contributed by atoms with Crippen molar-refractivity contribution >= 4 is 5.97 Å². The molecule has 112 valence electrons. The molecule has 1 aromatic heterocycles. The molecule has 6 nitrogen and oxygen atoms in total. The first-order valence-corrected chi connectivity index (χ1v) is 6.82. The number of nitrogens with one attached hydrogen (secondary N) is 1. The Morgan fingerprint density at radius 1 is 1.48 bits per heavy atom. The van der Waals surface area contributed by atoms with Crippen LogP contribution >= 0.6 is 0 Å². The van der Waals surface area contributed by atoms with Crippen LogP contribution in [0.3, 0.4) is 0 Å². The maximum absolute atomic E-state index is 11.2. The van der Waals surface area contributed by atoms with E-state index in [4.69, 9.17) is 4.52 Å². The van der Waals surface area contributed by atoms with Gasteiger partial charge in [-0.2, -0.15) is 4.98 Å². The number of hydrogen-bond acceptors (Lipinski definition) is 5. The van der Waals surface area contributed by atoms with Gasteiger partial charge in [-0.05, 0) is 32.4 Å². The lowest BCUT2D eigenvalue weighted by Gasteiger charge is -2.23. The Hall–Kier alpha value is -2.21. The quantitative estimate of drug-likeness (QED) is 0.849. The molecule has 2 aromatic rings. The summed E-state index contributed by atoms with van der Waals surface area (Å²) in [6.45, 7) is 5.68. The molecule has 2 N–H and O–H groups in total. The number of nitrogens with zero attached hydrogens (tertiary/aromatic N) is 2. The number of aromatic nitrogens is 2. The molecule has 0 aliphatic carbocycles. The van der Waals surface area contributed by atoms with E-state index in [1.54, 1.807) is 6.92 Å². The van der Waals surface area contributed by atoms with E-state index in [0.717, 1.165) is 11.1 Å². The SMILES string of the molecule is CCC(C)(NCc1noc(-c2cccc(C)c2)n1)C(=O)O. The summed E-state index contributed by atoms with van der Waals surface area (Å²) in [4.78, 5) is 15.5. The van der Waals surface area contributed by atoms with Gasteiger partial charge < -0.3 is 9.63 Å². The topological polar surface area (TPSA) is 88.3 Å². The van der Waals surface area contributed by atoms with Crippen molar-refractivity contribution in [2.45, 2.75) is 39.3 Å². The van der Waals surface area contributed by atoms with Crippen LogP contribution in [0.1, 0.15) is 31.7 Å². The van der Waals surface area contributed by atoms with Gasteiger partial charge in [-0.25, -0.2) is 0 Å². The molecule has 0 amide bonds. The first-order valence-electron chi connectivity index (χ1n) is 6.82. The molecule has 0 aliphatic rings. The third-order valence-corrected chi connectivity index (χ3v) is 3.55. The van der Waals surface area contributed by atoms with E-state index < -0.39 is 11.5 Å². The van der Waals surface area contributed by atoms with Gasteiger partial charge in [0, 0.05) is 5.56 Å². The molecule has 0 fully saturated rings. The second kappa shape index (κ2) is 6.05. The van der Waals surface area contributed by atoms with Crippen molar-refractivity contribution in [3.8, 4) is 11.5 Å². The van der Waals surface area contributed by atoms with Gasteiger partial charge >= 0.3 is 5.97 Å². The zero-order valence-corrected chi connectivity index (χ0v) is 12.4. The van der Waals surface area contributed by atoms with Crippen molar-refractivity contribution in [3.63, 3.8) is 0 Å². The number of rotatable bonds is 6. The number of carbonyl (C=O) groups is 1. The van der Waals surface area contributed by atoms with Gasteiger partial charge in [0.15, 0.2) is 5.82 Å². The second-order valence-electron chi connectivity index (χ2n) is 5.23. The van der Waals surface area contributed by atoms with E-state index in [0.29, 0.717) is 18.1 Å². The van der Waals surface area contributed by atoms with E-state index in [9.17, 15) is 9.90 Å². The zero-order valence-electron chi connectivity index (χ0n) is 12.4. The molecule has 1 aromatic carbocycles. The van der Waals surface area contributed by atoms with Crippen LogP contribution in [-0.4, -0.2) is 26.8 Å². The lowest BCUT2D eigenvalue weighted by atomic mass is 9.99. The van der Waals surface area contributed by atoms with Gasteiger partial charge in [-0.1, -0.05) is 29.8 Å². The summed E-state index contributed by atoms with van der Waals surface area (Å²) in [7, 11) is 0. The summed E-state index contributed by atoms with van der Waals surface area (Å²) >= 11 is 0. The van der Waals surface area contributed by atoms with Crippen LogP contribution in [0.25, 0.3) is 11.5 Å². The Labute approximate surface area is 123 Å². The molecule has 0 saturated heterocycles. The summed E-state index contributed by atoms with van der Waals surface area (Å²) in [5, 5.41) is 16.0. The van der Waals surface area contributed by atoms with Gasteiger partial charge in [0.2, 0.25) is 0 Å². The average Bonchev–Trinajstić information content (AvgIpc) is 2.93. The van der Waals surface area contributed by atoms with Crippen LogP contribution in [0.2, 0.25) is 0 Å². The number of aryl methyl sites for hydroxylation is 1. The normalized spacial score (nSPS) is 13.9. The van der Waals surface area contributed by atoms with Crippen molar-refractivity contribution in [2.75, 3.05) is 0 Å². The van der Waals surface area contributed by atoms with Gasteiger partial charge in [0.05, 0.1) is 6.54 Å². The Morgan fingerprint density at radius 2 is 2.24 bits per heavy atom. The highest BCUT2D eigenvalue weighted by Crippen LogP contribution is 2.18. The highest BCUT2D eigenvalue weighted by atomic mass is 16.5. The molecular weight excluding hydrogens is 270 g/mol. The van der Waals surface area contributed by atoms with E-state index >= 15 is 0 Å².